The Morgan fingerprint density at radius 1 is 1.30 bits per heavy atom. The number of hydrogen-bond acceptors (Lipinski definition) is 4. The van der Waals surface area contributed by atoms with E-state index in [4.69, 9.17) is 14.9 Å². The highest BCUT2D eigenvalue weighted by Crippen LogP contribution is 2.39. The second-order valence-electron chi connectivity index (χ2n) is 6.15. The molecule has 3 aliphatic rings. The molecule has 1 aromatic carbocycles. The van der Waals surface area contributed by atoms with Gasteiger partial charge in [0.1, 0.15) is 11.8 Å². The number of carbonyl (C=O) groups is 2. The Hall–Kier alpha value is -2.34. The zero-order valence-electron chi connectivity index (χ0n) is 12.9. The van der Waals surface area contributed by atoms with E-state index in [2.05, 4.69) is 22.8 Å². The molecule has 0 unspecified atom stereocenters. The topological polar surface area (TPSA) is 103 Å². The molecule has 3 fully saturated rings. The number of primary amides is 2. The van der Waals surface area contributed by atoms with Gasteiger partial charge < -0.3 is 20.8 Å². The van der Waals surface area contributed by atoms with Crippen molar-refractivity contribution in [3.05, 3.63) is 35.6 Å². The highest BCUT2D eigenvalue weighted by atomic mass is 16.3. The molecule has 2 amide bonds. The number of carbonyl (C=O) groups excluding carboxylic acids is 2. The Labute approximate surface area is 134 Å². The van der Waals surface area contributed by atoms with Gasteiger partial charge in [0.25, 0.3) is 5.91 Å². The molecule has 2 aromatic rings. The van der Waals surface area contributed by atoms with Gasteiger partial charge in [0.15, 0.2) is 0 Å². The predicted molar refractivity (Wildman–Crippen MR) is 86.9 cm³/mol. The van der Waals surface area contributed by atoms with Crippen LogP contribution in [0.4, 0.5) is 0 Å². The first-order chi connectivity index (χ1) is 11.1. The number of hydrogen-bond donors (Lipinski definition) is 2. The van der Waals surface area contributed by atoms with E-state index in [1.54, 1.807) is 0 Å². The van der Waals surface area contributed by atoms with E-state index >= 15 is 0 Å². The number of furan rings is 1. The smallest absolute Gasteiger partial charge is 0.252 e. The highest BCUT2D eigenvalue weighted by molar-refractivity contribution is 6.05. The number of nitrogens with two attached hydrogens (primary N) is 2. The molecule has 1 aromatic heterocycles. The SMILES string of the molecule is NC(=O)c1coc2cc([C@@H]3CN4CCC3CC4)ccc12.NC=O. The van der Waals surface area contributed by atoms with E-state index < -0.39 is 5.91 Å². The van der Waals surface area contributed by atoms with E-state index in [1.165, 1.54) is 37.8 Å². The van der Waals surface area contributed by atoms with E-state index in [0.29, 0.717) is 11.5 Å². The van der Waals surface area contributed by atoms with Gasteiger partial charge in [0.05, 0.1) is 5.56 Å². The van der Waals surface area contributed by atoms with Crippen LogP contribution < -0.4 is 11.5 Å². The van der Waals surface area contributed by atoms with Crippen molar-refractivity contribution in [2.24, 2.45) is 17.4 Å². The molecule has 4 N–H and O–H groups in total. The summed E-state index contributed by atoms with van der Waals surface area (Å²) in [6, 6.07) is 6.21. The first-order valence-electron chi connectivity index (χ1n) is 7.82. The van der Waals surface area contributed by atoms with Crippen molar-refractivity contribution in [3.63, 3.8) is 0 Å². The number of piperidine rings is 3. The summed E-state index contributed by atoms with van der Waals surface area (Å²) in [6.07, 6.45) is 4.31. The minimum absolute atomic E-state index is 0.250. The highest BCUT2D eigenvalue weighted by Gasteiger charge is 2.35. The third-order valence-corrected chi connectivity index (χ3v) is 4.95. The third-order valence-electron chi connectivity index (χ3n) is 4.95. The van der Waals surface area contributed by atoms with Crippen LogP contribution in [0.1, 0.15) is 34.7 Å². The molecule has 2 bridgehead atoms. The molecule has 5 rings (SSSR count). The summed E-state index contributed by atoms with van der Waals surface area (Å²) in [7, 11) is 0. The van der Waals surface area contributed by atoms with Gasteiger partial charge in [0.2, 0.25) is 6.41 Å². The maximum absolute atomic E-state index is 11.3. The fraction of sp³-hybridized carbons (Fsp3) is 0.412. The van der Waals surface area contributed by atoms with Crippen LogP contribution in [0.15, 0.2) is 28.9 Å². The average molecular weight is 315 g/mol. The summed E-state index contributed by atoms with van der Waals surface area (Å²) in [5.74, 6) is 0.964. The maximum atomic E-state index is 11.3. The van der Waals surface area contributed by atoms with Crippen LogP contribution in [-0.4, -0.2) is 36.9 Å². The van der Waals surface area contributed by atoms with Gasteiger partial charge in [-0.25, -0.2) is 0 Å². The number of benzene rings is 1. The second kappa shape index (κ2) is 6.42. The molecule has 0 spiro atoms. The molecule has 0 aliphatic carbocycles. The lowest BCUT2D eigenvalue weighted by molar-refractivity contribution is -0.106. The van der Waals surface area contributed by atoms with Gasteiger partial charge in [-0.15, -0.1) is 0 Å². The monoisotopic (exact) mass is 315 g/mol. The standard InChI is InChI=1S/C16H18N2O2.CH3NO/c17-16(19)14-9-20-15-7-11(1-2-12(14)15)13-8-18-5-3-10(13)4-6-18;2-1-3/h1-2,7,9-10,13H,3-6,8H2,(H2,17,19);1H,(H2,2,3)/t13-;/m1./s1. The fourth-order valence-corrected chi connectivity index (χ4v) is 3.81. The predicted octanol–water partition coefficient (Wildman–Crippen LogP) is 1.44. The Balaban J connectivity index is 0.000000485. The van der Waals surface area contributed by atoms with Crippen molar-refractivity contribution in [2.45, 2.75) is 18.8 Å². The fourth-order valence-electron chi connectivity index (χ4n) is 3.81. The Morgan fingerprint density at radius 3 is 2.57 bits per heavy atom. The van der Waals surface area contributed by atoms with Crippen molar-refractivity contribution >= 4 is 23.3 Å². The van der Waals surface area contributed by atoms with Gasteiger partial charge in [-0.2, -0.15) is 0 Å². The Morgan fingerprint density at radius 2 is 2.00 bits per heavy atom. The van der Waals surface area contributed by atoms with Crippen molar-refractivity contribution < 1.29 is 14.0 Å². The molecule has 3 aliphatic heterocycles. The zero-order valence-corrected chi connectivity index (χ0v) is 12.9. The average Bonchev–Trinajstić information content (AvgIpc) is 3.00. The van der Waals surface area contributed by atoms with Crippen LogP contribution in [0.5, 0.6) is 0 Å². The summed E-state index contributed by atoms with van der Waals surface area (Å²) in [6.45, 7) is 3.64. The van der Waals surface area contributed by atoms with Crippen LogP contribution >= 0.6 is 0 Å². The summed E-state index contributed by atoms with van der Waals surface area (Å²) < 4.78 is 5.51. The number of rotatable bonds is 2. The van der Waals surface area contributed by atoms with Gasteiger partial charge in [-0.1, -0.05) is 12.1 Å². The maximum Gasteiger partial charge on any atom is 0.252 e. The molecule has 0 radical (unpaired) electrons. The molecular weight excluding hydrogens is 294 g/mol. The van der Waals surface area contributed by atoms with Crippen molar-refractivity contribution in [1.82, 2.24) is 4.90 Å². The molecule has 23 heavy (non-hydrogen) atoms. The zero-order chi connectivity index (χ0) is 16.4. The summed E-state index contributed by atoms with van der Waals surface area (Å²) >= 11 is 0. The van der Waals surface area contributed by atoms with Crippen molar-refractivity contribution in [2.75, 3.05) is 19.6 Å². The number of amides is 2. The van der Waals surface area contributed by atoms with Crippen LogP contribution in [0.25, 0.3) is 11.0 Å². The molecule has 4 heterocycles. The normalized spacial score (nSPS) is 25.7. The number of fused-ring (bicyclic) bond motifs is 4. The summed E-state index contributed by atoms with van der Waals surface area (Å²) in [5.41, 5.74) is 12.1. The van der Waals surface area contributed by atoms with E-state index in [9.17, 15) is 4.79 Å². The third kappa shape index (κ3) is 2.94. The summed E-state index contributed by atoms with van der Waals surface area (Å²) in [5, 5.41) is 0.822. The lowest BCUT2D eigenvalue weighted by atomic mass is 9.75. The van der Waals surface area contributed by atoms with E-state index in [0.717, 1.165) is 23.4 Å². The molecule has 122 valence electrons. The van der Waals surface area contributed by atoms with Crippen LogP contribution in [-0.2, 0) is 4.79 Å². The van der Waals surface area contributed by atoms with E-state index in [1.807, 2.05) is 6.07 Å². The molecule has 6 nitrogen and oxygen atoms in total. The van der Waals surface area contributed by atoms with Crippen LogP contribution in [0.3, 0.4) is 0 Å². The Kier molecular flexibility index (Phi) is 4.34. The number of nitrogens with zero attached hydrogens (tertiary/aromatic N) is 1. The van der Waals surface area contributed by atoms with E-state index in [-0.39, 0.29) is 6.41 Å². The molecule has 0 saturated carbocycles. The summed E-state index contributed by atoms with van der Waals surface area (Å²) in [4.78, 5) is 22.5. The lowest BCUT2D eigenvalue weighted by Gasteiger charge is -2.45. The van der Waals surface area contributed by atoms with Gasteiger partial charge in [0, 0.05) is 11.9 Å². The van der Waals surface area contributed by atoms with Gasteiger partial charge >= 0.3 is 0 Å². The minimum Gasteiger partial charge on any atom is -0.463 e. The lowest BCUT2D eigenvalue weighted by Crippen LogP contribution is -2.46. The van der Waals surface area contributed by atoms with Gasteiger partial charge in [-0.3, -0.25) is 9.59 Å². The van der Waals surface area contributed by atoms with Crippen LogP contribution in [0, 0.1) is 5.92 Å². The second-order valence-corrected chi connectivity index (χ2v) is 6.15. The van der Waals surface area contributed by atoms with Crippen molar-refractivity contribution in [1.29, 1.82) is 0 Å². The largest absolute Gasteiger partial charge is 0.463 e. The molecule has 1 atom stereocenters. The first kappa shape index (κ1) is 15.6. The Bertz CT molecular complexity index is 717. The molecule has 3 saturated heterocycles. The molecular formula is C17H21N3O3. The van der Waals surface area contributed by atoms with Gasteiger partial charge in [-0.05, 0) is 49.4 Å². The molecule has 6 heteroatoms. The quantitative estimate of drug-likeness (QED) is 0.818. The minimum atomic E-state index is -0.431. The van der Waals surface area contributed by atoms with Crippen molar-refractivity contribution in [3.8, 4) is 0 Å². The first-order valence-corrected chi connectivity index (χ1v) is 7.82. The van der Waals surface area contributed by atoms with Crippen LogP contribution in [0.2, 0.25) is 0 Å².